The monoisotopic (exact) mass is 488 g/mol. The van der Waals surface area contributed by atoms with Crippen LogP contribution in [0.25, 0.3) is 0 Å². The van der Waals surface area contributed by atoms with Crippen LogP contribution in [-0.2, 0) is 16.1 Å². The normalized spacial score (nSPS) is 22.3. The molecule has 3 atom stereocenters. The number of amides is 2. The van der Waals surface area contributed by atoms with Gasteiger partial charge in [-0.15, -0.1) is 11.3 Å². The fraction of sp³-hybridized carbons (Fsp3) is 0.560. The number of likely N-dealkylation sites (N-methyl/N-ethyl adjacent to an activating group) is 1. The van der Waals surface area contributed by atoms with Crippen LogP contribution in [0.3, 0.4) is 0 Å². The molecule has 186 valence electrons. The smallest absolute Gasteiger partial charge is 0.257 e. The van der Waals surface area contributed by atoms with E-state index in [-0.39, 0.29) is 29.9 Å². The predicted molar refractivity (Wildman–Crippen MR) is 134 cm³/mol. The summed E-state index contributed by atoms with van der Waals surface area (Å²) in [7, 11) is 3.47. The number of anilines is 1. The molecule has 0 radical (unpaired) electrons. The molecule has 0 aliphatic carbocycles. The molecular formula is C25H36N4O4S. The number of ether oxygens (including phenoxy) is 2. The maximum atomic E-state index is 13.4. The van der Waals surface area contributed by atoms with Gasteiger partial charge in [-0.3, -0.25) is 14.5 Å². The number of methoxy groups -OCH3 is 1. The van der Waals surface area contributed by atoms with Crippen molar-refractivity contribution in [1.29, 1.82) is 0 Å². The van der Waals surface area contributed by atoms with Crippen molar-refractivity contribution in [2.75, 3.05) is 39.2 Å². The average molecular weight is 489 g/mol. The molecule has 34 heavy (non-hydrogen) atoms. The largest absolute Gasteiger partial charge is 0.491 e. The highest BCUT2D eigenvalue weighted by Crippen LogP contribution is 2.27. The molecule has 1 aliphatic heterocycles. The van der Waals surface area contributed by atoms with Crippen molar-refractivity contribution in [3.05, 3.63) is 40.3 Å². The molecule has 2 heterocycles. The molecule has 9 heteroatoms. The van der Waals surface area contributed by atoms with Gasteiger partial charge in [0.05, 0.1) is 18.2 Å². The van der Waals surface area contributed by atoms with Crippen LogP contribution < -0.4 is 10.1 Å². The first-order valence-corrected chi connectivity index (χ1v) is 12.7. The summed E-state index contributed by atoms with van der Waals surface area (Å²) in [4.78, 5) is 34.0. The fourth-order valence-electron chi connectivity index (χ4n) is 4.10. The third-order valence-corrected chi connectivity index (χ3v) is 6.92. The lowest BCUT2D eigenvalue weighted by Gasteiger charge is -2.35. The van der Waals surface area contributed by atoms with Gasteiger partial charge in [0.1, 0.15) is 17.4 Å². The van der Waals surface area contributed by atoms with Crippen LogP contribution in [0.1, 0.15) is 49.0 Å². The maximum Gasteiger partial charge on any atom is 0.257 e. The molecule has 8 nitrogen and oxygen atoms in total. The van der Waals surface area contributed by atoms with Gasteiger partial charge in [-0.2, -0.15) is 0 Å². The third-order valence-electron chi connectivity index (χ3n) is 6.16. The first-order chi connectivity index (χ1) is 16.3. The first kappa shape index (κ1) is 26.1. The third kappa shape index (κ3) is 6.77. The number of hydrogen-bond donors (Lipinski definition) is 1. The number of hydrogen-bond acceptors (Lipinski definition) is 7. The zero-order valence-electron chi connectivity index (χ0n) is 20.7. The Morgan fingerprint density at radius 2 is 2.12 bits per heavy atom. The van der Waals surface area contributed by atoms with E-state index in [0.717, 1.165) is 24.5 Å². The van der Waals surface area contributed by atoms with Crippen LogP contribution in [0, 0.1) is 5.92 Å². The lowest BCUT2D eigenvalue weighted by molar-refractivity contribution is -0.116. The lowest BCUT2D eigenvalue weighted by Crippen LogP contribution is -2.46. The average Bonchev–Trinajstić information content (AvgIpc) is 3.33. The number of benzene rings is 1. The Kier molecular flexibility index (Phi) is 9.44. The molecule has 3 rings (SSSR count). The molecule has 0 saturated heterocycles. The van der Waals surface area contributed by atoms with Gasteiger partial charge in [0.25, 0.3) is 5.91 Å². The van der Waals surface area contributed by atoms with Gasteiger partial charge in [0.15, 0.2) is 0 Å². The Morgan fingerprint density at radius 1 is 1.32 bits per heavy atom. The minimum atomic E-state index is -0.163. The zero-order chi connectivity index (χ0) is 24.7. The Bertz CT molecular complexity index is 952. The molecule has 0 fully saturated rings. The van der Waals surface area contributed by atoms with Crippen LogP contribution >= 0.6 is 11.3 Å². The van der Waals surface area contributed by atoms with E-state index < -0.39 is 0 Å². The quantitative estimate of drug-likeness (QED) is 0.664. The van der Waals surface area contributed by atoms with Crippen LogP contribution in [0.4, 0.5) is 5.69 Å². The number of nitrogens with one attached hydrogen (secondary N) is 1. The molecule has 2 amide bonds. The molecule has 1 aromatic carbocycles. The second-order valence-corrected chi connectivity index (χ2v) is 9.94. The summed E-state index contributed by atoms with van der Waals surface area (Å²) in [5, 5.41) is 5.92. The van der Waals surface area contributed by atoms with Gasteiger partial charge in [-0.25, -0.2) is 4.98 Å². The summed E-state index contributed by atoms with van der Waals surface area (Å²) < 4.78 is 12.0. The number of aromatic nitrogens is 1. The molecule has 1 aromatic heterocycles. The van der Waals surface area contributed by atoms with Crippen molar-refractivity contribution in [2.24, 2.45) is 5.92 Å². The Hall–Kier alpha value is -2.49. The number of carbonyl (C=O) groups excluding carboxylic acids is 2. The highest BCUT2D eigenvalue weighted by Gasteiger charge is 2.28. The predicted octanol–water partition coefficient (Wildman–Crippen LogP) is 3.89. The highest BCUT2D eigenvalue weighted by atomic mass is 32.1. The number of thiazole rings is 1. The summed E-state index contributed by atoms with van der Waals surface area (Å²) in [5.74, 6) is 0.455. The van der Waals surface area contributed by atoms with Gasteiger partial charge in [-0.1, -0.05) is 13.8 Å². The van der Waals surface area contributed by atoms with Crippen molar-refractivity contribution in [3.8, 4) is 5.75 Å². The molecule has 0 unspecified atom stereocenters. The van der Waals surface area contributed by atoms with Gasteiger partial charge >= 0.3 is 0 Å². The summed E-state index contributed by atoms with van der Waals surface area (Å²) >= 11 is 1.64. The van der Waals surface area contributed by atoms with E-state index in [4.69, 9.17) is 9.47 Å². The fourth-order valence-corrected chi connectivity index (χ4v) is 4.75. The summed E-state index contributed by atoms with van der Waals surface area (Å²) in [6.07, 6.45) is 2.89. The van der Waals surface area contributed by atoms with E-state index in [1.54, 1.807) is 48.6 Å². The SMILES string of the molecule is CCCC(=O)Nc1ccc2c(c1)C(=O)N(C)C[C@@H](OC)[C@H](C)CN(Cc1nccs1)[C@@H](C)CO2. The van der Waals surface area contributed by atoms with E-state index in [0.29, 0.717) is 36.6 Å². The van der Waals surface area contributed by atoms with Crippen LogP contribution in [0.2, 0.25) is 0 Å². The van der Waals surface area contributed by atoms with Crippen molar-refractivity contribution >= 4 is 28.8 Å². The van der Waals surface area contributed by atoms with Crippen LogP contribution in [0.5, 0.6) is 5.75 Å². The van der Waals surface area contributed by atoms with Crippen LogP contribution in [-0.4, -0.2) is 72.6 Å². The molecule has 2 aromatic rings. The minimum absolute atomic E-state index is 0.0722. The highest BCUT2D eigenvalue weighted by molar-refractivity contribution is 7.09. The molecule has 1 N–H and O–H groups in total. The second kappa shape index (κ2) is 12.3. The van der Waals surface area contributed by atoms with E-state index in [2.05, 4.69) is 29.0 Å². The summed E-state index contributed by atoms with van der Waals surface area (Å²) in [6, 6.07) is 5.34. The molecule has 0 bridgehead atoms. The van der Waals surface area contributed by atoms with Crippen molar-refractivity contribution in [2.45, 2.75) is 52.3 Å². The van der Waals surface area contributed by atoms with Crippen molar-refractivity contribution in [1.82, 2.24) is 14.8 Å². The number of carbonyl (C=O) groups is 2. The van der Waals surface area contributed by atoms with E-state index in [1.807, 2.05) is 18.5 Å². The first-order valence-electron chi connectivity index (χ1n) is 11.8. The molecule has 0 saturated carbocycles. The maximum absolute atomic E-state index is 13.4. The summed E-state index contributed by atoms with van der Waals surface area (Å²) in [5.41, 5.74) is 1.02. The Morgan fingerprint density at radius 3 is 2.79 bits per heavy atom. The molecule has 1 aliphatic rings. The number of nitrogens with zero attached hydrogens (tertiary/aromatic N) is 3. The summed E-state index contributed by atoms with van der Waals surface area (Å²) in [6.45, 7) is 8.61. The van der Waals surface area contributed by atoms with E-state index in [1.165, 1.54) is 0 Å². The number of fused-ring (bicyclic) bond motifs is 1. The number of rotatable bonds is 6. The van der Waals surface area contributed by atoms with Crippen LogP contribution in [0.15, 0.2) is 29.8 Å². The van der Waals surface area contributed by atoms with Gasteiger partial charge < -0.3 is 19.7 Å². The lowest BCUT2D eigenvalue weighted by atomic mass is 10.0. The second-order valence-electron chi connectivity index (χ2n) is 8.96. The molecular weight excluding hydrogens is 452 g/mol. The standard InChI is InChI=1S/C25H36N4O4S/c1-6-7-23(30)27-19-8-9-21-20(12-19)25(31)28(4)14-22(32-5)17(2)13-29(18(3)16-33-21)15-24-26-10-11-34-24/h8-12,17-18,22H,6-7,13-16H2,1-5H3,(H,27,30)/t17-,18+,22-/m1/s1. The van der Waals surface area contributed by atoms with Crippen molar-refractivity contribution in [3.63, 3.8) is 0 Å². The topological polar surface area (TPSA) is 84.0 Å². The van der Waals surface area contributed by atoms with Crippen molar-refractivity contribution < 1.29 is 19.1 Å². The molecule has 0 spiro atoms. The minimum Gasteiger partial charge on any atom is -0.491 e. The van der Waals surface area contributed by atoms with Gasteiger partial charge in [-0.05, 0) is 37.5 Å². The van der Waals surface area contributed by atoms with Gasteiger partial charge in [0.2, 0.25) is 5.91 Å². The van der Waals surface area contributed by atoms with E-state index >= 15 is 0 Å². The Balaban J connectivity index is 1.91. The zero-order valence-corrected chi connectivity index (χ0v) is 21.6. The Labute approximate surface area is 206 Å². The van der Waals surface area contributed by atoms with E-state index in [9.17, 15) is 9.59 Å². The van der Waals surface area contributed by atoms with Gasteiger partial charge in [0, 0.05) is 57.0 Å².